The first-order chi connectivity index (χ1) is 23.1. The maximum absolute atomic E-state index is 16.5. The third kappa shape index (κ3) is 6.24. The highest BCUT2D eigenvalue weighted by molar-refractivity contribution is 6.33. The molecular weight excluding hydrogens is 646 g/mol. The van der Waals surface area contributed by atoms with Gasteiger partial charge in [-0.3, -0.25) is 24.8 Å². The Morgan fingerprint density at radius 3 is 2.98 bits per heavy atom. The lowest BCUT2D eigenvalue weighted by Crippen LogP contribution is -2.55. The Bertz CT molecular complexity index is 1940. The van der Waals surface area contributed by atoms with E-state index in [1.165, 1.54) is 6.20 Å². The highest BCUT2D eigenvalue weighted by atomic mass is 35.5. The predicted octanol–water partition coefficient (Wildman–Crippen LogP) is 4.88. The van der Waals surface area contributed by atoms with Crippen LogP contribution in [0, 0.1) is 5.82 Å². The number of pyridine rings is 1. The van der Waals surface area contributed by atoms with Crippen LogP contribution in [0.5, 0.6) is 6.01 Å². The topological polar surface area (TPSA) is 150 Å². The summed E-state index contributed by atoms with van der Waals surface area (Å²) in [6, 6.07) is 1.53. The van der Waals surface area contributed by atoms with Gasteiger partial charge in [-0.15, -0.1) is 0 Å². The van der Waals surface area contributed by atoms with E-state index >= 15 is 4.39 Å². The van der Waals surface area contributed by atoms with Crippen LogP contribution in [0.3, 0.4) is 0 Å². The second kappa shape index (κ2) is 13.1. The number of alkyl carbamates (subject to hydrolysis) is 1. The summed E-state index contributed by atoms with van der Waals surface area (Å²) in [6.07, 6.45) is 9.13. The molecule has 1 aromatic carbocycles. The Balaban J connectivity index is 1.14. The lowest BCUT2D eigenvalue weighted by atomic mass is 9.93. The average molecular weight is 683 g/mol. The fourth-order valence-corrected chi connectivity index (χ4v) is 7.57. The molecule has 1 amide bonds. The van der Waals surface area contributed by atoms with Gasteiger partial charge in [0, 0.05) is 42.2 Å². The van der Waals surface area contributed by atoms with Crippen molar-refractivity contribution in [2.45, 2.75) is 62.7 Å². The molecule has 3 aliphatic rings. The standard InChI is InChI=1S/C33H37ClF2N8O4/c1-32(7-4-9-37-17-32)42-31(46)47-11-3-2-6-20-23(34)12-24-21(15-39-43-24)25(20)28-26(36)27-22(14-38-28)29(45)41-30(40-27)48-18-33-8-5-10-44(33)16-19(35)13-33/h2,6,12,14-15,19,37H,3-5,7-11,13,16-18H2,1H3,(H,39,43)(H,42,46)(H,40,41,45)/b6-2-/t19-,32-,33+/m1/s1. The summed E-state index contributed by atoms with van der Waals surface area (Å²) in [4.78, 5) is 38.7. The van der Waals surface area contributed by atoms with Crippen LogP contribution in [-0.4, -0.2) is 92.8 Å². The maximum Gasteiger partial charge on any atom is 0.407 e. The summed E-state index contributed by atoms with van der Waals surface area (Å²) in [5, 5.41) is 14.0. The van der Waals surface area contributed by atoms with Crippen LogP contribution in [0.1, 0.15) is 51.0 Å². The van der Waals surface area contributed by atoms with Crippen LogP contribution >= 0.6 is 11.6 Å². The van der Waals surface area contributed by atoms with E-state index in [4.69, 9.17) is 21.1 Å². The lowest BCUT2D eigenvalue weighted by Gasteiger charge is -2.34. The number of piperidine rings is 1. The molecule has 3 fully saturated rings. The third-order valence-electron chi connectivity index (χ3n) is 9.69. The number of aromatic amines is 2. The molecular formula is C33H37ClF2N8O4. The predicted molar refractivity (Wildman–Crippen MR) is 177 cm³/mol. The van der Waals surface area contributed by atoms with Gasteiger partial charge in [0.25, 0.3) is 11.6 Å². The molecule has 4 aromatic rings. The normalized spacial score (nSPS) is 24.5. The Morgan fingerprint density at radius 1 is 1.27 bits per heavy atom. The van der Waals surface area contributed by atoms with Gasteiger partial charge in [0.15, 0.2) is 5.82 Å². The van der Waals surface area contributed by atoms with Gasteiger partial charge in [-0.25, -0.2) is 13.6 Å². The van der Waals surface area contributed by atoms with Crippen LogP contribution in [0.4, 0.5) is 13.6 Å². The number of amides is 1. The van der Waals surface area contributed by atoms with Crippen LogP contribution < -0.4 is 20.9 Å². The largest absolute Gasteiger partial charge is 0.463 e. The van der Waals surface area contributed by atoms with Gasteiger partial charge in [-0.2, -0.15) is 10.1 Å². The summed E-state index contributed by atoms with van der Waals surface area (Å²) in [7, 11) is 0. The number of ether oxygens (including phenoxy) is 2. The van der Waals surface area contributed by atoms with Gasteiger partial charge in [0.2, 0.25) is 0 Å². The minimum atomic E-state index is -0.941. The number of halogens is 3. The molecule has 3 aliphatic heterocycles. The molecule has 4 N–H and O–H groups in total. The molecule has 0 saturated carbocycles. The van der Waals surface area contributed by atoms with Crippen molar-refractivity contribution in [1.82, 2.24) is 40.7 Å². The molecule has 6 heterocycles. The fourth-order valence-electron chi connectivity index (χ4n) is 7.30. The number of carbonyl (C=O) groups excluding carboxylic acids is 1. The smallest absolute Gasteiger partial charge is 0.407 e. The van der Waals surface area contributed by atoms with Crippen molar-refractivity contribution < 1.29 is 23.0 Å². The lowest BCUT2D eigenvalue weighted by molar-refractivity contribution is 0.107. The molecule has 0 unspecified atom stereocenters. The van der Waals surface area contributed by atoms with E-state index in [1.54, 1.807) is 24.4 Å². The molecule has 3 aromatic heterocycles. The summed E-state index contributed by atoms with van der Waals surface area (Å²) in [6.45, 7) is 4.98. The van der Waals surface area contributed by atoms with Crippen LogP contribution in [0.15, 0.2) is 29.3 Å². The molecule has 15 heteroatoms. The number of aromatic nitrogens is 5. The molecule has 0 aliphatic carbocycles. The first-order valence-corrected chi connectivity index (χ1v) is 16.6. The van der Waals surface area contributed by atoms with Crippen molar-refractivity contribution in [1.29, 1.82) is 0 Å². The Morgan fingerprint density at radius 2 is 2.15 bits per heavy atom. The van der Waals surface area contributed by atoms with Gasteiger partial charge in [0.1, 0.15) is 24.0 Å². The molecule has 0 radical (unpaired) electrons. The molecule has 254 valence electrons. The van der Waals surface area contributed by atoms with E-state index in [-0.39, 0.29) is 41.4 Å². The quantitative estimate of drug-likeness (QED) is 0.181. The van der Waals surface area contributed by atoms with Crippen molar-refractivity contribution >= 4 is 45.6 Å². The van der Waals surface area contributed by atoms with Crippen molar-refractivity contribution in [3.63, 3.8) is 0 Å². The van der Waals surface area contributed by atoms with E-state index in [0.717, 1.165) is 38.8 Å². The number of benzene rings is 1. The molecule has 3 saturated heterocycles. The van der Waals surface area contributed by atoms with Crippen LogP contribution in [0.2, 0.25) is 5.02 Å². The molecule has 3 atom stereocenters. The zero-order valence-corrected chi connectivity index (χ0v) is 27.3. The van der Waals surface area contributed by atoms with Crippen molar-refractivity contribution in [3.05, 3.63) is 51.3 Å². The minimum absolute atomic E-state index is 0.0511. The van der Waals surface area contributed by atoms with Crippen LogP contribution in [0.25, 0.3) is 39.1 Å². The molecule has 7 rings (SSSR count). The molecule has 12 nitrogen and oxygen atoms in total. The number of H-pyrrole nitrogens is 2. The number of carbonyl (C=O) groups is 1. The third-order valence-corrected chi connectivity index (χ3v) is 10.00. The zero-order valence-electron chi connectivity index (χ0n) is 26.5. The first kappa shape index (κ1) is 32.4. The highest BCUT2D eigenvalue weighted by Crippen LogP contribution is 2.41. The van der Waals surface area contributed by atoms with E-state index in [0.29, 0.717) is 53.0 Å². The summed E-state index contributed by atoms with van der Waals surface area (Å²) < 4.78 is 42.0. The van der Waals surface area contributed by atoms with Crippen LogP contribution in [-0.2, 0) is 4.74 Å². The van der Waals surface area contributed by atoms with E-state index in [1.807, 2.05) is 6.92 Å². The maximum atomic E-state index is 16.5. The van der Waals surface area contributed by atoms with Gasteiger partial charge < -0.3 is 20.1 Å². The summed E-state index contributed by atoms with van der Waals surface area (Å²) in [5.41, 5.74) is -0.365. The highest BCUT2D eigenvalue weighted by Gasteiger charge is 2.49. The second-order valence-electron chi connectivity index (χ2n) is 13.2. The summed E-state index contributed by atoms with van der Waals surface area (Å²) in [5.74, 6) is -0.834. The first-order valence-electron chi connectivity index (χ1n) is 16.2. The molecule has 0 spiro atoms. The summed E-state index contributed by atoms with van der Waals surface area (Å²) >= 11 is 6.71. The van der Waals surface area contributed by atoms with E-state index in [2.05, 4.69) is 40.7 Å². The Labute approximate surface area is 279 Å². The van der Waals surface area contributed by atoms with E-state index < -0.39 is 29.2 Å². The average Bonchev–Trinajstić information content (AvgIpc) is 3.75. The Kier molecular flexibility index (Phi) is 8.81. The number of hydrogen-bond acceptors (Lipinski definition) is 9. The van der Waals surface area contributed by atoms with Crippen molar-refractivity contribution in [2.24, 2.45) is 0 Å². The zero-order chi connectivity index (χ0) is 33.5. The number of nitrogens with one attached hydrogen (secondary N) is 4. The molecule has 0 bridgehead atoms. The SMILES string of the molecule is C[C@@]1(NC(=O)OCC/C=C\c2c(Cl)cc3[nH]ncc3c2-c2ncc3c(=O)[nH]c(OC[C@@]45CCCN4C[C@H](F)C5)nc3c2F)CCCNC1. The van der Waals surface area contributed by atoms with Gasteiger partial charge in [-0.1, -0.05) is 23.8 Å². The second-order valence-corrected chi connectivity index (χ2v) is 13.6. The van der Waals surface area contributed by atoms with Crippen molar-refractivity contribution in [2.75, 3.05) is 39.4 Å². The number of nitrogens with zero attached hydrogens (tertiary/aromatic N) is 4. The Hall–Kier alpha value is -4.14. The van der Waals surface area contributed by atoms with Gasteiger partial charge in [0.05, 0.1) is 39.8 Å². The van der Waals surface area contributed by atoms with Gasteiger partial charge in [-0.05, 0) is 58.2 Å². The number of alkyl halides is 1. The monoisotopic (exact) mass is 682 g/mol. The van der Waals surface area contributed by atoms with Gasteiger partial charge >= 0.3 is 6.09 Å². The van der Waals surface area contributed by atoms with Crippen molar-refractivity contribution in [3.8, 4) is 17.3 Å². The number of rotatable bonds is 9. The number of fused-ring (bicyclic) bond motifs is 3. The molecule has 48 heavy (non-hydrogen) atoms. The van der Waals surface area contributed by atoms with E-state index in [9.17, 15) is 14.0 Å². The minimum Gasteiger partial charge on any atom is -0.463 e. The fraction of sp³-hybridized carbons (Fsp3) is 0.485. The number of hydrogen-bond donors (Lipinski definition) is 4.